The number of hydrogen-bond donors (Lipinski definition) is 1. The van der Waals surface area contributed by atoms with Gasteiger partial charge in [0.2, 0.25) is 0 Å². The summed E-state index contributed by atoms with van der Waals surface area (Å²) >= 11 is 0. The fourth-order valence-electron chi connectivity index (χ4n) is 4.31. The maximum absolute atomic E-state index is 10.5. The summed E-state index contributed by atoms with van der Waals surface area (Å²) in [5.74, 6) is 1.35. The number of benzene rings is 2. The van der Waals surface area contributed by atoms with Crippen LogP contribution < -0.4 is 0 Å². The van der Waals surface area contributed by atoms with Gasteiger partial charge in [0.05, 0.1) is 0 Å². The number of nitrogens with zero attached hydrogens (tertiary/aromatic N) is 1. The van der Waals surface area contributed by atoms with Gasteiger partial charge in [-0.05, 0) is 54.8 Å². The Balaban J connectivity index is 1.66. The Kier molecular flexibility index (Phi) is 7.37. The molecule has 2 aromatic carbocycles. The smallest absolute Gasteiger partial charge is 0.120 e. The lowest BCUT2D eigenvalue weighted by molar-refractivity contribution is 0.231. The van der Waals surface area contributed by atoms with Crippen molar-refractivity contribution in [3.8, 4) is 5.75 Å². The fourth-order valence-corrected chi connectivity index (χ4v) is 4.31. The number of rotatable bonds is 8. The molecule has 0 aliphatic heterocycles. The Morgan fingerprint density at radius 2 is 1.65 bits per heavy atom. The second-order valence-electron chi connectivity index (χ2n) is 8.10. The second-order valence-corrected chi connectivity index (χ2v) is 8.10. The Labute approximate surface area is 159 Å². The zero-order chi connectivity index (χ0) is 18.2. The summed E-state index contributed by atoms with van der Waals surface area (Å²) in [5, 5.41) is 12.8. The first-order chi connectivity index (χ1) is 12.8. The monoisotopic (exact) mass is 353 g/mol. The first-order valence-corrected chi connectivity index (χ1v) is 10.7. The predicted molar refractivity (Wildman–Crippen MR) is 112 cm³/mol. The Hall–Kier alpha value is -1.54. The van der Waals surface area contributed by atoms with Crippen LogP contribution in [0.2, 0.25) is 0 Å². The lowest BCUT2D eigenvalue weighted by atomic mass is 9.96. The molecule has 2 heteroatoms. The van der Waals surface area contributed by atoms with Gasteiger partial charge in [-0.3, -0.25) is 4.90 Å². The molecule has 0 bridgehead atoms. The summed E-state index contributed by atoms with van der Waals surface area (Å²) in [7, 11) is 0. The molecule has 1 N–H and O–H groups in total. The number of unbranched alkanes of at least 4 members (excludes halogenated alkanes) is 1. The highest BCUT2D eigenvalue weighted by molar-refractivity contribution is 5.84. The van der Waals surface area contributed by atoms with E-state index < -0.39 is 0 Å². The number of hydrogen-bond acceptors (Lipinski definition) is 2. The van der Waals surface area contributed by atoms with Gasteiger partial charge in [-0.2, -0.15) is 0 Å². The number of phenols is 1. The van der Waals surface area contributed by atoms with Crippen LogP contribution in [0.3, 0.4) is 0 Å². The summed E-state index contributed by atoms with van der Waals surface area (Å²) in [5.41, 5.74) is 1.07. The Morgan fingerprint density at radius 1 is 0.962 bits per heavy atom. The minimum atomic E-state index is 0.444. The maximum Gasteiger partial charge on any atom is 0.120 e. The van der Waals surface area contributed by atoms with Crippen molar-refractivity contribution in [2.45, 2.75) is 71.3 Å². The lowest BCUT2D eigenvalue weighted by Gasteiger charge is -2.25. The number of aromatic hydroxyl groups is 1. The third-order valence-electron chi connectivity index (χ3n) is 6.00. The van der Waals surface area contributed by atoms with E-state index >= 15 is 0 Å². The summed E-state index contributed by atoms with van der Waals surface area (Å²) < 4.78 is 0. The van der Waals surface area contributed by atoms with E-state index in [1.54, 1.807) is 0 Å². The highest BCUT2D eigenvalue weighted by Crippen LogP contribution is 2.28. The minimum absolute atomic E-state index is 0.444. The Bertz CT molecular complexity index is 673. The number of phenolic OH excluding ortho intramolecular Hbond substituents is 1. The predicted octanol–water partition coefficient (Wildman–Crippen LogP) is 6.51. The first kappa shape index (κ1) is 19.2. The normalized spacial score (nSPS) is 16.2. The molecule has 1 saturated carbocycles. The molecule has 0 heterocycles. The van der Waals surface area contributed by atoms with Crippen LogP contribution in [0.15, 0.2) is 36.4 Å². The van der Waals surface area contributed by atoms with Crippen molar-refractivity contribution in [3.05, 3.63) is 42.0 Å². The van der Waals surface area contributed by atoms with Crippen LogP contribution in [0.1, 0.15) is 70.3 Å². The molecule has 142 valence electrons. The maximum atomic E-state index is 10.5. The van der Waals surface area contributed by atoms with Crippen molar-refractivity contribution < 1.29 is 5.11 Å². The van der Waals surface area contributed by atoms with E-state index in [4.69, 9.17) is 0 Å². The molecule has 0 spiro atoms. The summed E-state index contributed by atoms with van der Waals surface area (Å²) in [6.07, 6.45) is 12.3. The molecule has 1 aliphatic carbocycles. The van der Waals surface area contributed by atoms with Crippen LogP contribution in [-0.2, 0) is 6.54 Å². The van der Waals surface area contributed by atoms with Crippen molar-refractivity contribution in [1.29, 1.82) is 0 Å². The van der Waals surface area contributed by atoms with E-state index in [0.29, 0.717) is 5.75 Å². The van der Waals surface area contributed by atoms with Crippen molar-refractivity contribution in [3.63, 3.8) is 0 Å². The molecule has 0 saturated heterocycles. The van der Waals surface area contributed by atoms with Crippen molar-refractivity contribution in [2.24, 2.45) is 5.92 Å². The van der Waals surface area contributed by atoms with Gasteiger partial charge in [0.1, 0.15) is 5.75 Å². The molecule has 3 rings (SSSR count). The van der Waals surface area contributed by atoms with E-state index in [1.165, 1.54) is 63.2 Å². The summed E-state index contributed by atoms with van der Waals surface area (Å²) in [6.45, 7) is 5.42. The average Bonchev–Trinajstić information content (AvgIpc) is 2.93. The van der Waals surface area contributed by atoms with Crippen LogP contribution in [0.25, 0.3) is 10.8 Å². The largest absolute Gasteiger partial charge is 0.508 e. The van der Waals surface area contributed by atoms with Gasteiger partial charge in [0, 0.05) is 12.1 Å². The molecule has 1 aliphatic rings. The zero-order valence-electron chi connectivity index (χ0n) is 16.4. The van der Waals surface area contributed by atoms with Crippen LogP contribution >= 0.6 is 0 Å². The average molecular weight is 354 g/mol. The number of fused-ring (bicyclic) bond motifs is 1. The van der Waals surface area contributed by atoms with E-state index in [2.05, 4.69) is 36.1 Å². The van der Waals surface area contributed by atoms with Gasteiger partial charge >= 0.3 is 0 Å². The minimum Gasteiger partial charge on any atom is -0.508 e. The van der Waals surface area contributed by atoms with Crippen LogP contribution in [0, 0.1) is 5.92 Å². The fraction of sp³-hybridized carbons (Fsp3) is 0.583. The van der Waals surface area contributed by atoms with Crippen molar-refractivity contribution in [2.75, 3.05) is 13.1 Å². The second kappa shape index (κ2) is 9.97. The molecule has 0 amide bonds. The molecular weight excluding hydrogens is 318 g/mol. The van der Waals surface area contributed by atoms with Gasteiger partial charge in [-0.25, -0.2) is 0 Å². The molecular formula is C24H35NO. The highest BCUT2D eigenvalue weighted by atomic mass is 16.3. The molecule has 1 fully saturated rings. The van der Waals surface area contributed by atoms with Gasteiger partial charge < -0.3 is 5.11 Å². The SMILES string of the molecule is CCCCN(CCC1CCCCCC1)Cc1cc2ccccc2cc1O. The molecule has 2 aromatic rings. The third kappa shape index (κ3) is 5.48. The van der Waals surface area contributed by atoms with E-state index in [0.717, 1.165) is 36.5 Å². The molecule has 26 heavy (non-hydrogen) atoms. The van der Waals surface area contributed by atoms with Crippen molar-refractivity contribution >= 4 is 10.8 Å². The van der Waals surface area contributed by atoms with Crippen LogP contribution in [0.5, 0.6) is 5.75 Å². The molecule has 0 atom stereocenters. The summed E-state index contributed by atoms with van der Waals surface area (Å²) in [6, 6.07) is 12.4. The molecule has 0 aromatic heterocycles. The first-order valence-electron chi connectivity index (χ1n) is 10.7. The topological polar surface area (TPSA) is 23.5 Å². The zero-order valence-corrected chi connectivity index (χ0v) is 16.4. The van der Waals surface area contributed by atoms with Gasteiger partial charge in [-0.1, -0.05) is 76.1 Å². The standard InChI is InChI=1S/C24H35NO/c1-2-3-15-25(16-14-20-10-6-4-5-7-11-20)19-23-17-21-12-8-9-13-22(21)18-24(23)26/h8-9,12-13,17-18,20,26H,2-7,10-11,14-16,19H2,1H3. The molecule has 2 nitrogen and oxygen atoms in total. The molecule has 0 unspecified atom stereocenters. The third-order valence-corrected chi connectivity index (χ3v) is 6.00. The van der Waals surface area contributed by atoms with Crippen LogP contribution in [-0.4, -0.2) is 23.1 Å². The van der Waals surface area contributed by atoms with E-state index in [1.807, 2.05) is 12.1 Å². The molecule has 0 radical (unpaired) electrons. The summed E-state index contributed by atoms with van der Waals surface area (Å²) in [4.78, 5) is 2.57. The highest BCUT2D eigenvalue weighted by Gasteiger charge is 2.15. The van der Waals surface area contributed by atoms with Gasteiger partial charge in [-0.15, -0.1) is 0 Å². The van der Waals surface area contributed by atoms with Crippen molar-refractivity contribution in [1.82, 2.24) is 4.90 Å². The van der Waals surface area contributed by atoms with E-state index in [-0.39, 0.29) is 0 Å². The lowest BCUT2D eigenvalue weighted by Crippen LogP contribution is -2.27. The quantitative estimate of drug-likeness (QED) is 0.547. The van der Waals surface area contributed by atoms with Gasteiger partial charge in [0.15, 0.2) is 0 Å². The van der Waals surface area contributed by atoms with Gasteiger partial charge in [0.25, 0.3) is 0 Å². The van der Waals surface area contributed by atoms with Crippen LogP contribution in [0.4, 0.5) is 0 Å². The Morgan fingerprint density at radius 3 is 2.35 bits per heavy atom. The van der Waals surface area contributed by atoms with E-state index in [9.17, 15) is 5.11 Å².